The number of ether oxygens (including phenoxy) is 2. The average Bonchev–Trinajstić information content (AvgIpc) is 3.41. The van der Waals surface area contributed by atoms with Crippen LogP contribution in [0.25, 0.3) is 28.1 Å². The van der Waals surface area contributed by atoms with Crippen molar-refractivity contribution in [2.75, 3.05) is 13.2 Å². The predicted octanol–water partition coefficient (Wildman–Crippen LogP) is 8.07. The van der Waals surface area contributed by atoms with E-state index in [0.29, 0.717) is 12.2 Å². The van der Waals surface area contributed by atoms with Gasteiger partial charge in [0.25, 0.3) is 0 Å². The van der Waals surface area contributed by atoms with Crippen LogP contribution < -0.4 is 0 Å². The van der Waals surface area contributed by atoms with E-state index in [9.17, 15) is 4.79 Å². The third kappa shape index (κ3) is 5.89. The smallest absolute Gasteiger partial charge is 0.333 e. The van der Waals surface area contributed by atoms with Crippen molar-refractivity contribution in [3.8, 4) is 0 Å². The third-order valence-electron chi connectivity index (χ3n) is 7.27. The van der Waals surface area contributed by atoms with Gasteiger partial charge in [0.15, 0.2) is 6.23 Å². The maximum atomic E-state index is 12.1. The molecule has 2 heterocycles. The van der Waals surface area contributed by atoms with Gasteiger partial charge >= 0.3 is 5.97 Å². The lowest BCUT2D eigenvalue weighted by Gasteiger charge is -2.23. The summed E-state index contributed by atoms with van der Waals surface area (Å²) in [4.78, 5) is 12.1. The Bertz CT molecular complexity index is 1490. The molecule has 0 spiro atoms. The van der Waals surface area contributed by atoms with Crippen LogP contribution in [0.5, 0.6) is 0 Å². The molecule has 5 rings (SSSR count). The fourth-order valence-electron chi connectivity index (χ4n) is 5.33. The highest BCUT2D eigenvalue weighted by molar-refractivity contribution is 6.00. The zero-order valence-electron chi connectivity index (χ0n) is 23.0. The third-order valence-corrected chi connectivity index (χ3v) is 7.27. The Hall–Kier alpha value is -3.96. The van der Waals surface area contributed by atoms with Crippen molar-refractivity contribution in [2.24, 2.45) is 0 Å². The summed E-state index contributed by atoms with van der Waals surface area (Å²) in [5.74, 6) is -0.285. The van der Waals surface area contributed by atoms with Crippen LogP contribution in [0.15, 0.2) is 84.6 Å². The molecule has 3 aromatic carbocycles. The quantitative estimate of drug-likeness (QED) is 0.134. The summed E-state index contributed by atoms with van der Waals surface area (Å²) in [7, 11) is 0. The summed E-state index contributed by atoms with van der Waals surface area (Å²) in [6.45, 7) is 6.97. The van der Waals surface area contributed by atoms with Crippen molar-refractivity contribution in [2.45, 2.75) is 52.7 Å². The Morgan fingerprint density at radius 3 is 2.46 bits per heavy atom. The van der Waals surface area contributed by atoms with E-state index < -0.39 is 0 Å². The standard InChI is InChI=1S/C34H36N2O3/c1-4-30(26-11-7-6-8-12-26)33(27-16-14-25(15-17-27)21-24(3)34(37)38-5-2)28-18-19-31-29(22-28)23-35-36(31)32-13-9-10-20-39-32/h6-8,11-12,14-19,21-23,32H,4-5,9-10,13,20H2,1-3H3. The average molecular weight is 521 g/mol. The second-order valence-corrected chi connectivity index (χ2v) is 9.93. The van der Waals surface area contributed by atoms with Crippen LogP contribution >= 0.6 is 0 Å². The van der Waals surface area contributed by atoms with Crippen LogP contribution in [0.3, 0.4) is 0 Å². The van der Waals surface area contributed by atoms with Crippen molar-refractivity contribution in [1.82, 2.24) is 9.78 Å². The van der Waals surface area contributed by atoms with E-state index in [4.69, 9.17) is 14.6 Å². The number of benzene rings is 3. The molecule has 0 amide bonds. The topological polar surface area (TPSA) is 53.3 Å². The van der Waals surface area contributed by atoms with Crippen LogP contribution in [0, 0.1) is 0 Å². The molecule has 1 aliphatic rings. The highest BCUT2D eigenvalue weighted by Gasteiger charge is 2.20. The number of allylic oxidation sites excluding steroid dienone is 1. The molecule has 1 aliphatic heterocycles. The molecule has 0 aliphatic carbocycles. The zero-order chi connectivity index (χ0) is 27.2. The first-order valence-corrected chi connectivity index (χ1v) is 13.9. The number of carbonyl (C=O) groups excluding carboxylic acids is 1. The maximum absolute atomic E-state index is 12.1. The minimum absolute atomic E-state index is 0.00583. The van der Waals surface area contributed by atoms with Gasteiger partial charge in [-0.25, -0.2) is 9.48 Å². The van der Waals surface area contributed by atoms with Crippen molar-refractivity contribution < 1.29 is 14.3 Å². The van der Waals surface area contributed by atoms with Crippen LogP contribution in [-0.4, -0.2) is 29.0 Å². The van der Waals surface area contributed by atoms with Crippen LogP contribution in [-0.2, 0) is 14.3 Å². The molecule has 200 valence electrons. The predicted molar refractivity (Wildman–Crippen MR) is 158 cm³/mol. The van der Waals surface area contributed by atoms with E-state index in [1.807, 2.05) is 23.9 Å². The fourth-order valence-corrected chi connectivity index (χ4v) is 5.33. The Labute approximate surface area is 230 Å². The van der Waals surface area contributed by atoms with Gasteiger partial charge in [-0.2, -0.15) is 5.10 Å². The van der Waals surface area contributed by atoms with Crippen molar-refractivity contribution >= 4 is 34.1 Å². The minimum atomic E-state index is -0.285. The van der Waals surface area contributed by atoms with Gasteiger partial charge in [-0.05, 0) is 91.1 Å². The van der Waals surface area contributed by atoms with E-state index in [2.05, 4.69) is 79.7 Å². The van der Waals surface area contributed by atoms with E-state index >= 15 is 0 Å². The highest BCUT2D eigenvalue weighted by Crippen LogP contribution is 2.36. The van der Waals surface area contributed by atoms with Gasteiger partial charge in [0.05, 0.1) is 18.3 Å². The molecule has 0 N–H and O–H groups in total. The van der Waals surface area contributed by atoms with Gasteiger partial charge in [0.1, 0.15) is 0 Å². The molecule has 5 nitrogen and oxygen atoms in total. The Balaban J connectivity index is 1.58. The molecule has 1 fully saturated rings. The summed E-state index contributed by atoms with van der Waals surface area (Å²) < 4.78 is 13.2. The SMILES string of the molecule is CCOC(=O)C(C)=Cc1ccc(C(=C(CC)c2ccccc2)c2ccc3c(cnn3C3CCCCO3)c2)cc1. The number of hydrogen-bond acceptors (Lipinski definition) is 4. The normalized spacial score (nSPS) is 16.7. The van der Waals surface area contributed by atoms with E-state index in [1.165, 1.54) is 23.1 Å². The number of aromatic nitrogens is 2. The number of hydrogen-bond donors (Lipinski definition) is 0. The first-order chi connectivity index (χ1) is 19.1. The first-order valence-electron chi connectivity index (χ1n) is 13.9. The Kier molecular flexibility index (Phi) is 8.38. The lowest BCUT2D eigenvalue weighted by Crippen LogP contribution is -2.18. The van der Waals surface area contributed by atoms with Gasteiger partial charge < -0.3 is 9.47 Å². The minimum Gasteiger partial charge on any atom is -0.463 e. The molecule has 4 aromatic rings. The van der Waals surface area contributed by atoms with Crippen LogP contribution in [0.2, 0.25) is 0 Å². The van der Waals surface area contributed by atoms with Gasteiger partial charge in [-0.1, -0.05) is 67.6 Å². The Morgan fingerprint density at radius 2 is 1.77 bits per heavy atom. The number of rotatable bonds is 8. The zero-order valence-corrected chi connectivity index (χ0v) is 23.0. The van der Waals surface area contributed by atoms with Crippen LogP contribution in [0.1, 0.15) is 74.9 Å². The van der Waals surface area contributed by atoms with Crippen molar-refractivity contribution in [1.29, 1.82) is 0 Å². The summed E-state index contributed by atoms with van der Waals surface area (Å²) in [5.41, 5.74) is 8.62. The van der Waals surface area contributed by atoms with Gasteiger partial charge in [0.2, 0.25) is 0 Å². The number of carbonyl (C=O) groups is 1. The molecule has 1 aromatic heterocycles. The second kappa shape index (κ2) is 12.3. The van der Waals surface area contributed by atoms with Crippen molar-refractivity contribution in [3.05, 3.63) is 107 Å². The summed E-state index contributed by atoms with van der Waals surface area (Å²) in [6, 6.07) is 25.6. The fraction of sp³-hybridized carbons (Fsp3) is 0.294. The Morgan fingerprint density at radius 1 is 1.00 bits per heavy atom. The molecule has 0 radical (unpaired) electrons. The van der Waals surface area contributed by atoms with E-state index in [1.54, 1.807) is 6.92 Å². The molecule has 1 saturated heterocycles. The van der Waals surface area contributed by atoms with E-state index in [0.717, 1.165) is 53.5 Å². The summed E-state index contributed by atoms with van der Waals surface area (Å²) in [5, 5.41) is 5.82. The summed E-state index contributed by atoms with van der Waals surface area (Å²) in [6.07, 6.45) is 7.99. The molecule has 0 saturated carbocycles. The van der Waals surface area contributed by atoms with Gasteiger partial charge in [0, 0.05) is 17.6 Å². The molecular weight excluding hydrogens is 484 g/mol. The lowest BCUT2D eigenvalue weighted by molar-refractivity contribution is -0.138. The molecule has 39 heavy (non-hydrogen) atoms. The van der Waals surface area contributed by atoms with Crippen LogP contribution in [0.4, 0.5) is 0 Å². The largest absolute Gasteiger partial charge is 0.463 e. The summed E-state index contributed by atoms with van der Waals surface area (Å²) >= 11 is 0. The van der Waals surface area contributed by atoms with E-state index in [-0.39, 0.29) is 12.2 Å². The molecule has 0 bridgehead atoms. The molecule has 1 atom stereocenters. The molecule has 1 unspecified atom stereocenters. The number of fused-ring (bicyclic) bond motifs is 1. The first kappa shape index (κ1) is 26.6. The molecule has 5 heteroatoms. The van der Waals surface area contributed by atoms with Crippen molar-refractivity contribution in [3.63, 3.8) is 0 Å². The number of esters is 1. The lowest BCUT2D eigenvalue weighted by atomic mass is 9.87. The maximum Gasteiger partial charge on any atom is 0.333 e. The highest BCUT2D eigenvalue weighted by atomic mass is 16.5. The van der Waals surface area contributed by atoms with Gasteiger partial charge in [-0.3, -0.25) is 0 Å². The monoisotopic (exact) mass is 520 g/mol. The second-order valence-electron chi connectivity index (χ2n) is 9.93. The number of nitrogens with zero attached hydrogens (tertiary/aromatic N) is 2. The molecular formula is C34H36N2O3. The van der Waals surface area contributed by atoms with Gasteiger partial charge in [-0.15, -0.1) is 0 Å².